The lowest BCUT2D eigenvalue weighted by molar-refractivity contribution is -0.145. The maximum Gasteiger partial charge on any atom is 0.328 e. The summed E-state index contributed by atoms with van der Waals surface area (Å²) in [6.07, 6.45) is 2.12. The largest absolute Gasteiger partial charge is 0.508 e. The number of thioether (sulfide) groups is 1. The number of methoxy groups -OCH3 is 1. The van der Waals surface area contributed by atoms with Crippen molar-refractivity contribution in [3.63, 3.8) is 0 Å². The van der Waals surface area contributed by atoms with Crippen LogP contribution in [0.25, 0.3) is 0 Å². The Balaban J connectivity index is 2.74. The van der Waals surface area contributed by atoms with Crippen molar-refractivity contribution < 1.29 is 19.4 Å². The average Bonchev–Trinajstić information content (AvgIpc) is 2.48. The van der Waals surface area contributed by atoms with Gasteiger partial charge in [-0.3, -0.25) is 4.79 Å². The Morgan fingerprint density at radius 2 is 2.00 bits per heavy atom. The van der Waals surface area contributed by atoms with Crippen molar-refractivity contribution in [3.8, 4) is 5.75 Å². The molecular formula is C14H20N2O4S. The highest BCUT2D eigenvalue weighted by molar-refractivity contribution is 7.98. The van der Waals surface area contributed by atoms with E-state index in [0.717, 1.165) is 5.56 Å². The van der Waals surface area contributed by atoms with Gasteiger partial charge >= 0.3 is 5.97 Å². The van der Waals surface area contributed by atoms with Crippen molar-refractivity contribution in [1.29, 1.82) is 0 Å². The number of phenolic OH excluding ortho intramolecular Hbond substituents is 1. The van der Waals surface area contributed by atoms with Gasteiger partial charge in [0.25, 0.3) is 0 Å². The first-order valence-corrected chi connectivity index (χ1v) is 7.78. The fourth-order valence-electron chi connectivity index (χ4n) is 1.74. The molecule has 0 saturated heterocycles. The summed E-state index contributed by atoms with van der Waals surface area (Å²) in [5.41, 5.74) is 6.51. The zero-order valence-electron chi connectivity index (χ0n) is 12.0. The van der Waals surface area contributed by atoms with E-state index in [0.29, 0.717) is 5.75 Å². The van der Waals surface area contributed by atoms with E-state index in [4.69, 9.17) is 10.5 Å². The number of esters is 1. The van der Waals surface area contributed by atoms with Gasteiger partial charge in [0, 0.05) is 12.2 Å². The summed E-state index contributed by atoms with van der Waals surface area (Å²) in [7, 11) is 1.26. The molecule has 6 nitrogen and oxygen atoms in total. The molecular weight excluding hydrogens is 292 g/mol. The van der Waals surface area contributed by atoms with E-state index in [1.807, 2.05) is 6.26 Å². The molecule has 1 rings (SSSR count). The highest BCUT2D eigenvalue weighted by Gasteiger charge is 2.24. The van der Waals surface area contributed by atoms with Gasteiger partial charge in [0.15, 0.2) is 0 Å². The molecule has 0 aliphatic heterocycles. The lowest BCUT2D eigenvalue weighted by atomic mass is 10.1. The molecule has 1 aromatic carbocycles. The van der Waals surface area contributed by atoms with Crippen LogP contribution in [0.1, 0.15) is 5.56 Å². The summed E-state index contributed by atoms with van der Waals surface area (Å²) in [6, 6.07) is 4.92. The molecule has 7 heteroatoms. The van der Waals surface area contributed by atoms with Gasteiger partial charge < -0.3 is 20.9 Å². The number of ether oxygens (including phenoxy) is 1. The smallest absolute Gasteiger partial charge is 0.328 e. The van der Waals surface area contributed by atoms with Crippen LogP contribution in [0.4, 0.5) is 0 Å². The molecule has 0 saturated carbocycles. The predicted octanol–water partition coefficient (Wildman–Crippen LogP) is 0.283. The summed E-state index contributed by atoms with van der Waals surface area (Å²) in [5.74, 6) is -0.315. The van der Waals surface area contributed by atoms with Crippen molar-refractivity contribution in [3.05, 3.63) is 29.8 Å². The lowest BCUT2D eigenvalue weighted by Gasteiger charge is -2.19. The first-order valence-electron chi connectivity index (χ1n) is 6.38. The van der Waals surface area contributed by atoms with Gasteiger partial charge in [-0.15, -0.1) is 0 Å². The Morgan fingerprint density at radius 3 is 2.52 bits per heavy atom. The van der Waals surface area contributed by atoms with Gasteiger partial charge in [0.05, 0.1) is 13.2 Å². The van der Waals surface area contributed by atoms with E-state index in [-0.39, 0.29) is 12.2 Å². The summed E-state index contributed by atoms with van der Waals surface area (Å²) >= 11 is 1.46. The third-order valence-corrected chi connectivity index (χ3v) is 3.55. The zero-order valence-corrected chi connectivity index (χ0v) is 12.9. The van der Waals surface area contributed by atoms with Gasteiger partial charge in [-0.2, -0.15) is 11.8 Å². The molecule has 2 atom stereocenters. The average molecular weight is 312 g/mol. The topological polar surface area (TPSA) is 102 Å². The number of carbonyl (C=O) groups is 2. The Labute approximate surface area is 128 Å². The fourth-order valence-corrected chi connectivity index (χ4v) is 2.25. The minimum atomic E-state index is -0.806. The summed E-state index contributed by atoms with van der Waals surface area (Å²) < 4.78 is 4.70. The quantitative estimate of drug-likeness (QED) is 0.625. The van der Waals surface area contributed by atoms with Crippen LogP contribution in [0, 0.1) is 0 Å². The van der Waals surface area contributed by atoms with Crippen LogP contribution in [-0.4, -0.2) is 48.2 Å². The van der Waals surface area contributed by atoms with Gasteiger partial charge in [0.1, 0.15) is 11.8 Å². The normalized spacial score (nSPS) is 13.3. The number of benzene rings is 1. The number of aromatic hydroxyl groups is 1. The van der Waals surface area contributed by atoms with E-state index in [9.17, 15) is 14.7 Å². The number of phenols is 1. The molecule has 0 aliphatic carbocycles. The first kappa shape index (κ1) is 17.3. The number of rotatable bonds is 7. The van der Waals surface area contributed by atoms with Crippen LogP contribution in [0.5, 0.6) is 5.75 Å². The van der Waals surface area contributed by atoms with E-state index >= 15 is 0 Å². The highest BCUT2D eigenvalue weighted by atomic mass is 32.2. The molecule has 4 N–H and O–H groups in total. The Morgan fingerprint density at radius 1 is 1.38 bits per heavy atom. The van der Waals surface area contributed by atoms with Crippen LogP contribution in [0.2, 0.25) is 0 Å². The number of hydrogen-bond donors (Lipinski definition) is 3. The van der Waals surface area contributed by atoms with Gasteiger partial charge in [-0.1, -0.05) is 12.1 Å². The van der Waals surface area contributed by atoms with E-state index in [1.165, 1.54) is 31.0 Å². The summed E-state index contributed by atoms with van der Waals surface area (Å²) in [4.78, 5) is 23.7. The summed E-state index contributed by atoms with van der Waals surface area (Å²) in [5, 5.41) is 11.8. The van der Waals surface area contributed by atoms with Crippen molar-refractivity contribution in [2.24, 2.45) is 5.73 Å². The molecule has 0 heterocycles. The van der Waals surface area contributed by atoms with E-state index < -0.39 is 24.0 Å². The SMILES string of the molecule is COC(=O)[C@H](Cc1ccc(O)cc1)NC(=O)[C@@H](N)CSC. The molecule has 0 unspecified atom stereocenters. The molecule has 116 valence electrons. The minimum absolute atomic E-state index is 0.138. The zero-order chi connectivity index (χ0) is 15.8. The Hall–Kier alpha value is -1.73. The molecule has 0 aliphatic rings. The highest BCUT2D eigenvalue weighted by Crippen LogP contribution is 2.12. The van der Waals surface area contributed by atoms with E-state index in [1.54, 1.807) is 12.1 Å². The van der Waals surface area contributed by atoms with Gasteiger partial charge in [-0.25, -0.2) is 4.79 Å². The molecule has 0 fully saturated rings. The third kappa shape index (κ3) is 5.65. The molecule has 0 bridgehead atoms. The molecule has 0 spiro atoms. The van der Waals surface area contributed by atoms with Crippen LogP contribution < -0.4 is 11.1 Å². The molecule has 0 radical (unpaired) electrons. The fraction of sp³-hybridized carbons (Fsp3) is 0.429. The molecule has 0 aromatic heterocycles. The maximum atomic E-state index is 11.9. The minimum Gasteiger partial charge on any atom is -0.508 e. The molecule has 21 heavy (non-hydrogen) atoms. The van der Waals surface area contributed by atoms with Gasteiger partial charge in [-0.05, 0) is 24.0 Å². The molecule has 1 amide bonds. The van der Waals surface area contributed by atoms with Crippen LogP contribution in [0.15, 0.2) is 24.3 Å². The Kier molecular flexibility index (Phi) is 7.04. The Bertz CT molecular complexity index is 478. The van der Waals surface area contributed by atoms with Gasteiger partial charge in [0.2, 0.25) is 5.91 Å². The van der Waals surface area contributed by atoms with Crippen molar-refractivity contribution >= 4 is 23.6 Å². The number of amides is 1. The predicted molar refractivity (Wildman–Crippen MR) is 82.1 cm³/mol. The lowest BCUT2D eigenvalue weighted by Crippen LogP contribution is -2.50. The second-order valence-electron chi connectivity index (χ2n) is 4.52. The van der Waals surface area contributed by atoms with Crippen molar-refractivity contribution in [1.82, 2.24) is 5.32 Å². The van der Waals surface area contributed by atoms with Crippen molar-refractivity contribution in [2.45, 2.75) is 18.5 Å². The number of nitrogens with one attached hydrogen (secondary N) is 1. The number of carbonyl (C=O) groups excluding carboxylic acids is 2. The second-order valence-corrected chi connectivity index (χ2v) is 5.43. The van der Waals surface area contributed by atoms with E-state index in [2.05, 4.69) is 5.32 Å². The van der Waals surface area contributed by atoms with Crippen LogP contribution in [-0.2, 0) is 20.7 Å². The summed E-state index contributed by atoms with van der Waals surface area (Å²) in [6.45, 7) is 0. The third-order valence-electron chi connectivity index (χ3n) is 2.86. The monoisotopic (exact) mass is 312 g/mol. The van der Waals surface area contributed by atoms with Crippen LogP contribution >= 0.6 is 11.8 Å². The maximum absolute atomic E-state index is 11.9. The first-order chi connectivity index (χ1) is 9.97. The number of nitrogens with two attached hydrogens (primary N) is 1. The van der Waals surface area contributed by atoms with Crippen LogP contribution in [0.3, 0.4) is 0 Å². The van der Waals surface area contributed by atoms with Crippen molar-refractivity contribution in [2.75, 3.05) is 19.1 Å². The molecule has 1 aromatic rings. The standard InChI is InChI=1S/C14H20N2O4S/c1-20-14(19)12(16-13(18)11(15)8-21-2)7-9-3-5-10(17)6-4-9/h3-6,11-12,17H,7-8,15H2,1-2H3,(H,16,18)/t11-,12-/m0/s1. The second kappa shape index (κ2) is 8.53. The number of hydrogen-bond acceptors (Lipinski definition) is 6.